The Hall–Kier alpha value is -1.84. The van der Waals surface area contributed by atoms with E-state index in [-0.39, 0.29) is 11.6 Å². The molecule has 1 aliphatic carbocycles. The summed E-state index contributed by atoms with van der Waals surface area (Å²) in [5, 5.41) is 12.0. The molecular formula is C12H12FNO2. The van der Waals surface area contributed by atoms with Gasteiger partial charge in [0.2, 0.25) is 0 Å². The Bertz CT molecular complexity index is 435. The van der Waals surface area contributed by atoms with Gasteiger partial charge in [-0.3, -0.25) is 0 Å². The van der Waals surface area contributed by atoms with Gasteiger partial charge in [-0.05, 0) is 25.0 Å². The third kappa shape index (κ3) is 2.05. The zero-order valence-electron chi connectivity index (χ0n) is 8.61. The van der Waals surface area contributed by atoms with Crippen LogP contribution in [-0.4, -0.2) is 17.1 Å². The molecule has 0 atom stereocenters. The van der Waals surface area contributed by atoms with Crippen LogP contribution in [0.2, 0.25) is 0 Å². The van der Waals surface area contributed by atoms with E-state index in [1.165, 1.54) is 6.07 Å². The van der Waals surface area contributed by atoms with Crippen LogP contribution < -0.4 is 5.32 Å². The molecule has 1 aliphatic rings. The van der Waals surface area contributed by atoms with Crippen LogP contribution in [0.15, 0.2) is 30.4 Å². The number of hydrogen-bond donors (Lipinski definition) is 2. The minimum Gasteiger partial charge on any atom is -0.478 e. The summed E-state index contributed by atoms with van der Waals surface area (Å²) in [5.74, 6) is -1.95. The Morgan fingerprint density at radius 2 is 2.06 bits per heavy atom. The molecule has 4 heteroatoms. The molecule has 84 valence electrons. The summed E-state index contributed by atoms with van der Waals surface area (Å²) in [6.07, 6.45) is 5.74. The van der Waals surface area contributed by atoms with Crippen molar-refractivity contribution >= 4 is 11.7 Å². The highest BCUT2D eigenvalue weighted by Gasteiger charge is 2.18. The predicted octanol–water partition coefficient (Wildman–Crippen LogP) is 2.65. The van der Waals surface area contributed by atoms with Crippen LogP contribution >= 0.6 is 0 Å². The molecule has 0 unspecified atom stereocenters. The maximum Gasteiger partial charge on any atom is 0.340 e. The van der Waals surface area contributed by atoms with Crippen LogP contribution in [0, 0.1) is 5.82 Å². The van der Waals surface area contributed by atoms with E-state index in [1.807, 2.05) is 12.2 Å². The second-order valence-electron chi connectivity index (χ2n) is 3.75. The van der Waals surface area contributed by atoms with Gasteiger partial charge in [0.25, 0.3) is 0 Å². The van der Waals surface area contributed by atoms with E-state index >= 15 is 0 Å². The van der Waals surface area contributed by atoms with Crippen molar-refractivity contribution in [2.24, 2.45) is 0 Å². The Kier molecular flexibility index (Phi) is 2.90. The van der Waals surface area contributed by atoms with Gasteiger partial charge >= 0.3 is 5.97 Å². The Balaban J connectivity index is 2.25. The van der Waals surface area contributed by atoms with Crippen molar-refractivity contribution in [3.8, 4) is 0 Å². The fourth-order valence-electron chi connectivity index (χ4n) is 1.82. The number of carbonyl (C=O) groups is 1. The van der Waals surface area contributed by atoms with Crippen molar-refractivity contribution in [2.45, 2.75) is 18.9 Å². The summed E-state index contributed by atoms with van der Waals surface area (Å²) in [7, 11) is 0. The molecule has 2 N–H and O–H groups in total. The number of anilines is 1. The average Bonchev–Trinajstić information content (AvgIpc) is 2.70. The molecule has 0 aliphatic heterocycles. The molecule has 0 saturated heterocycles. The van der Waals surface area contributed by atoms with E-state index in [4.69, 9.17) is 5.11 Å². The van der Waals surface area contributed by atoms with Crippen LogP contribution in [0.5, 0.6) is 0 Å². The van der Waals surface area contributed by atoms with E-state index in [0.29, 0.717) is 5.69 Å². The maximum absolute atomic E-state index is 13.3. The number of carboxylic acids is 1. The van der Waals surface area contributed by atoms with Crippen LogP contribution in [0.25, 0.3) is 0 Å². The molecule has 2 rings (SSSR count). The maximum atomic E-state index is 13.3. The molecule has 0 amide bonds. The van der Waals surface area contributed by atoms with E-state index in [0.717, 1.165) is 18.9 Å². The van der Waals surface area contributed by atoms with Gasteiger partial charge in [-0.25, -0.2) is 9.18 Å². The third-order valence-electron chi connectivity index (χ3n) is 2.59. The van der Waals surface area contributed by atoms with E-state index in [9.17, 15) is 9.18 Å². The van der Waals surface area contributed by atoms with E-state index in [1.54, 1.807) is 6.07 Å². The van der Waals surface area contributed by atoms with Crippen LogP contribution in [0.1, 0.15) is 23.2 Å². The van der Waals surface area contributed by atoms with Crippen molar-refractivity contribution in [3.63, 3.8) is 0 Å². The standard InChI is InChI=1S/C12H12FNO2/c13-9-6-3-7-10(11(9)12(15)16)14-8-4-1-2-5-8/h1-3,6-8,14H,4-5H2,(H,15,16). The monoisotopic (exact) mass is 221 g/mol. The Labute approximate surface area is 92.6 Å². The molecule has 1 aromatic rings. The third-order valence-corrected chi connectivity index (χ3v) is 2.59. The van der Waals surface area contributed by atoms with Crippen LogP contribution in [-0.2, 0) is 0 Å². The summed E-state index contributed by atoms with van der Waals surface area (Å²) < 4.78 is 13.3. The number of rotatable bonds is 3. The lowest BCUT2D eigenvalue weighted by molar-refractivity contribution is 0.0693. The van der Waals surface area contributed by atoms with Crippen LogP contribution in [0.3, 0.4) is 0 Å². The fraction of sp³-hybridized carbons (Fsp3) is 0.250. The number of halogens is 1. The van der Waals surface area contributed by atoms with Crippen molar-refractivity contribution in [3.05, 3.63) is 41.7 Å². The highest BCUT2D eigenvalue weighted by molar-refractivity contribution is 5.94. The number of aromatic carboxylic acids is 1. The lowest BCUT2D eigenvalue weighted by Gasteiger charge is -2.15. The molecule has 0 radical (unpaired) electrons. The predicted molar refractivity (Wildman–Crippen MR) is 59.1 cm³/mol. The van der Waals surface area contributed by atoms with Gasteiger partial charge in [0.1, 0.15) is 11.4 Å². The van der Waals surface area contributed by atoms with Gasteiger partial charge in [-0.2, -0.15) is 0 Å². The summed E-state index contributed by atoms with van der Waals surface area (Å²) in [6.45, 7) is 0. The summed E-state index contributed by atoms with van der Waals surface area (Å²) in [6, 6.07) is 4.42. The average molecular weight is 221 g/mol. The zero-order chi connectivity index (χ0) is 11.5. The fourth-order valence-corrected chi connectivity index (χ4v) is 1.82. The zero-order valence-corrected chi connectivity index (χ0v) is 8.61. The summed E-state index contributed by atoms with van der Waals surface area (Å²) >= 11 is 0. The van der Waals surface area contributed by atoms with Crippen molar-refractivity contribution in [1.29, 1.82) is 0 Å². The molecule has 1 aromatic carbocycles. The number of nitrogens with one attached hydrogen (secondary N) is 1. The summed E-state index contributed by atoms with van der Waals surface area (Å²) in [5.41, 5.74) is 0.0654. The quantitative estimate of drug-likeness (QED) is 0.771. The lowest BCUT2D eigenvalue weighted by Crippen LogP contribution is -2.18. The second kappa shape index (κ2) is 4.35. The molecule has 3 nitrogen and oxygen atoms in total. The van der Waals surface area contributed by atoms with Gasteiger partial charge in [-0.15, -0.1) is 0 Å². The highest BCUT2D eigenvalue weighted by atomic mass is 19.1. The number of hydrogen-bond acceptors (Lipinski definition) is 2. The lowest BCUT2D eigenvalue weighted by atomic mass is 10.1. The van der Waals surface area contributed by atoms with Gasteiger partial charge in [-0.1, -0.05) is 18.2 Å². The minimum absolute atomic E-state index is 0.167. The molecule has 0 bridgehead atoms. The van der Waals surface area contributed by atoms with Gasteiger partial charge in [0.15, 0.2) is 0 Å². The normalized spacial score (nSPS) is 15.3. The largest absolute Gasteiger partial charge is 0.478 e. The van der Waals surface area contributed by atoms with Gasteiger partial charge in [0, 0.05) is 6.04 Å². The molecule has 0 spiro atoms. The molecule has 0 saturated carbocycles. The minimum atomic E-state index is -1.24. The molecule has 16 heavy (non-hydrogen) atoms. The van der Waals surface area contributed by atoms with Crippen molar-refractivity contribution in [1.82, 2.24) is 0 Å². The SMILES string of the molecule is O=C(O)c1c(F)cccc1NC1CC=CC1. The first-order valence-electron chi connectivity index (χ1n) is 5.12. The van der Waals surface area contributed by atoms with E-state index < -0.39 is 11.8 Å². The summed E-state index contributed by atoms with van der Waals surface area (Å²) in [4.78, 5) is 10.9. The van der Waals surface area contributed by atoms with Crippen molar-refractivity contribution in [2.75, 3.05) is 5.32 Å². The highest BCUT2D eigenvalue weighted by Crippen LogP contribution is 2.22. The van der Waals surface area contributed by atoms with E-state index in [2.05, 4.69) is 5.32 Å². The van der Waals surface area contributed by atoms with Crippen LogP contribution in [0.4, 0.5) is 10.1 Å². The Morgan fingerprint density at radius 1 is 1.38 bits per heavy atom. The topological polar surface area (TPSA) is 49.3 Å². The Morgan fingerprint density at radius 3 is 2.69 bits per heavy atom. The molecule has 0 aromatic heterocycles. The molecule has 0 heterocycles. The first-order valence-corrected chi connectivity index (χ1v) is 5.12. The van der Waals surface area contributed by atoms with Gasteiger partial charge < -0.3 is 10.4 Å². The molecular weight excluding hydrogens is 209 g/mol. The first-order chi connectivity index (χ1) is 7.68. The smallest absolute Gasteiger partial charge is 0.340 e. The molecule has 0 fully saturated rings. The number of carboxylic acid groups (broad SMARTS) is 1. The second-order valence-corrected chi connectivity index (χ2v) is 3.75. The van der Waals surface area contributed by atoms with Gasteiger partial charge in [0.05, 0.1) is 5.69 Å². The first kappa shape index (κ1) is 10.7. The van der Waals surface area contributed by atoms with Crippen molar-refractivity contribution < 1.29 is 14.3 Å². The number of benzene rings is 1.